The highest BCUT2D eigenvalue weighted by Crippen LogP contribution is 2.35. The maximum atomic E-state index is 10.1. The third kappa shape index (κ3) is 5.01. The van der Waals surface area contributed by atoms with Crippen molar-refractivity contribution in [1.29, 1.82) is 0 Å². The summed E-state index contributed by atoms with van der Waals surface area (Å²) in [5, 5.41) is 13.6. The van der Waals surface area contributed by atoms with Gasteiger partial charge in [0.25, 0.3) is 0 Å². The number of benzene rings is 1. The lowest BCUT2D eigenvalue weighted by molar-refractivity contribution is 0.0878. The van der Waals surface area contributed by atoms with E-state index in [4.69, 9.17) is 4.74 Å². The molecule has 0 spiro atoms. The number of hydrogen-bond acceptors (Lipinski definition) is 3. The molecule has 2 unspecified atom stereocenters. The van der Waals surface area contributed by atoms with Gasteiger partial charge in [0, 0.05) is 12.6 Å². The van der Waals surface area contributed by atoms with Gasteiger partial charge in [-0.2, -0.15) is 0 Å². The molecule has 118 valence electrons. The van der Waals surface area contributed by atoms with E-state index < -0.39 is 6.10 Å². The van der Waals surface area contributed by atoms with Crippen molar-refractivity contribution in [2.24, 2.45) is 5.41 Å². The zero-order chi connectivity index (χ0) is 15.3. The first-order valence-corrected chi connectivity index (χ1v) is 8.08. The van der Waals surface area contributed by atoms with Crippen LogP contribution in [0.4, 0.5) is 0 Å². The third-order valence-corrected chi connectivity index (χ3v) is 4.54. The van der Waals surface area contributed by atoms with Crippen molar-refractivity contribution in [1.82, 2.24) is 5.32 Å². The molecule has 1 aliphatic rings. The fourth-order valence-corrected chi connectivity index (χ4v) is 3.11. The van der Waals surface area contributed by atoms with Crippen LogP contribution in [-0.4, -0.2) is 30.4 Å². The Kier molecular flexibility index (Phi) is 5.65. The van der Waals surface area contributed by atoms with E-state index in [2.05, 4.69) is 19.2 Å². The second-order valence-electron chi connectivity index (χ2n) is 6.98. The van der Waals surface area contributed by atoms with Crippen molar-refractivity contribution in [3.63, 3.8) is 0 Å². The van der Waals surface area contributed by atoms with E-state index in [1.165, 1.54) is 31.2 Å². The van der Waals surface area contributed by atoms with Gasteiger partial charge in [0.15, 0.2) is 0 Å². The van der Waals surface area contributed by atoms with Crippen LogP contribution in [0.3, 0.4) is 0 Å². The minimum absolute atomic E-state index is 0.329. The predicted molar refractivity (Wildman–Crippen MR) is 86.7 cm³/mol. The van der Waals surface area contributed by atoms with Gasteiger partial charge in [-0.15, -0.1) is 0 Å². The van der Waals surface area contributed by atoms with Crippen molar-refractivity contribution in [3.8, 4) is 5.75 Å². The summed E-state index contributed by atoms with van der Waals surface area (Å²) in [5.41, 5.74) is 1.50. The van der Waals surface area contributed by atoms with Crippen molar-refractivity contribution >= 4 is 0 Å². The number of aryl methyl sites for hydroxylation is 1. The van der Waals surface area contributed by atoms with Crippen LogP contribution in [0.25, 0.3) is 0 Å². The number of nitrogens with one attached hydrogen (secondary N) is 1. The van der Waals surface area contributed by atoms with Crippen LogP contribution in [0.1, 0.15) is 45.1 Å². The largest absolute Gasteiger partial charge is 0.491 e. The normalized spacial score (nSPS) is 22.8. The predicted octanol–water partition coefficient (Wildman–Crippen LogP) is 3.29. The van der Waals surface area contributed by atoms with Crippen molar-refractivity contribution in [3.05, 3.63) is 29.8 Å². The number of aliphatic hydroxyl groups is 1. The number of rotatable bonds is 6. The molecule has 2 atom stereocenters. The van der Waals surface area contributed by atoms with E-state index in [0.29, 0.717) is 24.6 Å². The van der Waals surface area contributed by atoms with Crippen LogP contribution >= 0.6 is 0 Å². The molecule has 0 aliphatic heterocycles. The quantitative estimate of drug-likeness (QED) is 0.845. The molecular weight excluding hydrogens is 262 g/mol. The SMILES string of the molecule is Cc1cccc(OCC(O)CNC2CCCCC2(C)C)c1. The number of hydrogen-bond donors (Lipinski definition) is 2. The Labute approximate surface area is 128 Å². The first kappa shape index (κ1) is 16.3. The number of ether oxygens (including phenoxy) is 1. The van der Waals surface area contributed by atoms with Gasteiger partial charge in [-0.25, -0.2) is 0 Å². The van der Waals surface area contributed by atoms with Crippen LogP contribution < -0.4 is 10.1 Å². The van der Waals surface area contributed by atoms with Gasteiger partial charge in [0.05, 0.1) is 0 Å². The van der Waals surface area contributed by atoms with E-state index in [1.54, 1.807) is 0 Å². The molecule has 1 fully saturated rings. The molecular formula is C18H29NO2. The molecule has 0 saturated heterocycles. The van der Waals surface area contributed by atoms with Gasteiger partial charge in [-0.1, -0.05) is 38.8 Å². The van der Waals surface area contributed by atoms with E-state index >= 15 is 0 Å². The Bertz CT molecular complexity index is 445. The fourth-order valence-electron chi connectivity index (χ4n) is 3.11. The average Bonchev–Trinajstić information content (AvgIpc) is 2.43. The molecule has 0 radical (unpaired) electrons. The first-order chi connectivity index (χ1) is 9.97. The van der Waals surface area contributed by atoms with E-state index in [9.17, 15) is 5.11 Å². The van der Waals surface area contributed by atoms with Crippen LogP contribution in [-0.2, 0) is 0 Å². The summed E-state index contributed by atoms with van der Waals surface area (Å²) in [4.78, 5) is 0. The summed E-state index contributed by atoms with van der Waals surface area (Å²) < 4.78 is 5.65. The monoisotopic (exact) mass is 291 g/mol. The summed E-state index contributed by atoms with van der Waals surface area (Å²) in [6, 6.07) is 8.43. The number of aliphatic hydroxyl groups excluding tert-OH is 1. The highest BCUT2D eigenvalue weighted by Gasteiger charge is 2.31. The maximum Gasteiger partial charge on any atom is 0.119 e. The lowest BCUT2D eigenvalue weighted by atomic mass is 9.73. The lowest BCUT2D eigenvalue weighted by Gasteiger charge is -2.39. The van der Waals surface area contributed by atoms with Gasteiger partial charge < -0.3 is 15.2 Å². The van der Waals surface area contributed by atoms with Gasteiger partial charge in [-0.05, 0) is 42.9 Å². The lowest BCUT2D eigenvalue weighted by Crippen LogP contribution is -2.47. The smallest absolute Gasteiger partial charge is 0.119 e. The van der Waals surface area contributed by atoms with Crippen LogP contribution in [0.2, 0.25) is 0 Å². The van der Waals surface area contributed by atoms with Crippen molar-refractivity contribution < 1.29 is 9.84 Å². The zero-order valence-electron chi connectivity index (χ0n) is 13.6. The van der Waals surface area contributed by atoms with Crippen LogP contribution in [0.15, 0.2) is 24.3 Å². The Hall–Kier alpha value is -1.06. The van der Waals surface area contributed by atoms with Gasteiger partial charge in [-0.3, -0.25) is 0 Å². The molecule has 2 rings (SSSR count). The van der Waals surface area contributed by atoms with Crippen LogP contribution in [0.5, 0.6) is 5.75 Å². The first-order valence-electron chi connectivity index (χ1n) is 8.08. The van der Waals surface area contributed by atoms with Gasteiger partial charge >= 0.3 is 0 Å². The molecule has 0 aromatic heterocycles. The molecule has 0 bridgehead atoms. The van der Waals surface area contributed by atoms with Gasteiger partial charge in [0.1, 0.15) is 18.5 Å². The molecule has 0 heterocycles. The average molecular weight is 291 g/mol. The second kappa shape index (κ2) is 7.28. The summed E-state index contributed by atoms with van der Waals surface area (Å²) in [5.74, 6) is 0.826. The molecule has 0 amide bonds. The Balaban J connectivity index is 1.73. The summed E-state index contributed by atoms with van der Waals surface area (Å²) in [7, 11) is 0. The highest BCUT2D eigenvalue weighted by atomic mass is 16.5. The van der Waals surface area contributed by atoms with E-state index in [-0.39, 0.29) is 0 Å². The molecule has 21 heavy (non-hydrogen) atoms. The third-order valence-electron chi connectivity index (χ3n) is 4.54. The topological polar surface area (TPSA) is 41.5 Å². The standard InChI is InChI=1S/C18H29NO2/c1-14-7-6-8-16(11-14)21-13-15(20)12-19-17-9-4-5-10-18(17,2)3/h6-8,11,15,17,19-20H,4-5,9-10,12-13H2,1-3H3. The highest BCUT2D eigenvalue weighted by molar-refractivity contribution is 5.27. The van der Waals surface area contributed by atoms with Gasteiger partial charge in [0.2, 0.25) is 0 Å². The van der Waals surface area contributed by atoms with E-state index in [0.717, 1.165) is 5.75 Å². The molecule has 1 aromatic rings. The second-order valence-corrected chi connectivity index (χ2v) is 6.98. The Morgan fingerprint density at radius 1 is 1.38 bits per heavy atom. The Morgan fingerprint density at radius 2 is 2.19 bits per heavy atom. The molecule has 3 heteroatoms. The Morgan fingerprint density at radius 3 is 2.90 bits per heavy atom. The maximum absolute atomic E-state index is 10.1. The molecule has 1 saturated carbocycles. The summed E-state index contributed by atoms with van der Waals surface area (Å²) >= 11 is 0. The molecule has 1 aromatic carbocycles. The minimum atomic E-state index is -0.469. The summed E-state index contributed by atoms with van der Waals surface area (Å²) in [6.07, 6.45) is 4.61. The van der Waals surface area contributed by atoms with Crippen LogP contribution in [0, 0.1) is 12.3 Å². The minimum Gasteiger partial charge on any atom is -0.491 e. The fraction of sp³-hybridized carbons (Fsp3) is 0.667. The molecule has 3 nitrogen and oxygen atoms in total. The molecule has 2 N–H and O–H groups in total. The van der Waals surface area contributed by atoms with E-state index in [1.807, 2.05) is 31.2 Å². The van der Waals surface area contributed by atoms with Crippen molar-refractivity contribution in [2.45, 2.75) is 58.6 Å². The zero-order valence-corrected chi connectivity index (χ0v) is 13.6. The summed E-state index contributed by atoms with van der Waals surface area (Å²) in [6.45, 7) is 7.61. The van der Waals surface area contributed by atoms with Crippen molar-refractivity contribution in [2.75, 3.05) is 13.2 Å². The molecule has 1 aliphatic carbocycles.